The average Bonchev–Trinajstić information content (AvgIpc) is 2.48. The van der Waals surface area contributed by atoms with Gasteiger partial charge in [0, 0.05) is 13.1 Å². The average molecular weight is 289 g/mol. The van der Waals surface area contributed by atoms with Gasteiger partial charge in [0.15, 0.2) is 0 Å². The van der Waals surface area contributed by atoms with Crippen LogP contribution in [0.4, 0.5) is 0 Å². The first-order chi connectivity index (χ1) is 10.0. The molecule has 2 heteroatoms. The van der Waals surface area contributed by atoms with Gasteiger partial charge in [-0.3, -0.25) is 0 Å². The van der Waals surface area contributed by atoms with Gasteiger partial charge in [-0.1, -0.05) is 51.5 Å². The molecule has 2 rings (SSSR count). The van der Waals surface area contributed by atoms with Gasteiger partial charge in [-0.25, -0.2) is 0 Å². The number of benzene rings is 1. The van der Waals surface area contributed by atoms with Crippen LogP contribution in [0.2, 0.25) is 0 Å². The molecule has 0 saturated heterocycles. The van der Waals surface area contributed by atoms with Crippen molar-refractivity contribution in [2.24, 2.45) is 5.92 Å². The molecule has 1 aliphatic carbocycles. The molecule has 0 amide bonds. The van der Waals surface area contributed by atoms with Crippen molar-refractivity contribution < 1.29 is 5.11 Å². The van der Waals surface area contributed by atoms with E-state index in [9.17, 15) is 5.11 Å². The molecule has 1 aromatic rings. The van der Waals surface area contributed by atoms with Crippen LogP contribution >= 0.6 is 0 Å². The smallest absolute Gasteiger partial charge is 0.0771 e. The topological polar surface area (TPSA) is 32.3 Å². The van der Waals surface area contributed by atoms with Crippen LogP contribution in [0.1, 0.15) is 69.9 Å². The monoisotopic (exact) mass is 289 g/mol. The molecule has 1 saturated carbocycles. The van der Waals surface area contributed by atoms with Crippen LogP contribution in [0.3, 0.4) is 0 Å². The predicted molar refractivity (Wildman–Crippen MR) is 89.4 cm³/mol. The van der Waals surface area contributed by atoms with E-state index in [1.165, 1.54) is 30.4 Å². The summed E-state index contributed by atoms with van der Waals surface area (Å²) in [6.07, 6.45) is 5.51. The molecule has 21 heavy (non-hydrogen) atoms. The number of aliphatic hydroxyl groups is 1. The van der Waals surface area contributed by atoms with Crippen molar-refractivity contribution in [3.05, 3.63) is 35.4 Å². The van der Waals surface area contributed by atoms with Crippen molar-refractivity contribution in [1.29, 1.82) is 0 Å². The van der Waals surface area contributed by atoms with E-state index in [0.29, 0.717) is 5.92 Å². The van der Waals surface area contributed by atoms with Gasteiger partial charge < -0.3 is 10.4 Å². The summed E-state index contributed by atoms with van der Waals surface area (Å²) in [6, 6.07) is 8.81. The Kier molecular flexibility index (Phi) is 5.83. The Morgan fingerprint density at radius 3 is 2.33 bits per heavy atom. The standard InChI is InChI=1S/C19H31NO/c1-4-16-9-11-19(21,12-10-16)14-20-13-17-5-7-18(8-6-17)15(2)3/h5-8,15-16,20-21H,4,9-14H2,1-3H3. The van der Waals surface area contributed by atoms with E-state index >= 15 is 0 Å². The summed E-state index contributed by atoms with van der Waals surface area (Å²) in [5.41, 5.74) is 2.20. The molecular weight excluding hydrogens is 258 g/mol. The van der Waals surface area contributed by atoms with E-state index in [4.69, 9.17) is 0 Å². The zero-order valence-corrected chi connectivity index (χ0v) is 13.9. The maximum Gasteiger partial charge on any atom is 0.0771 e. The summed E-state index contributed by atoms with van der Waals surface area (Å²) in [7, 11) is 0. The highest BCUT2D eigenvalue weighted by Gasteiger charge is 2.31. The maximum atomic E-state index is 10.6. The molecule has 1 fully saturated rings. The third kappa shape index (κ3) is 4.82. The van der Waals surface area contributed by atoms with E-state index in [1.54, 1.807) is 0 Å². The molecule has 1 aromatic carbocycles. The summed E-state index contributed by atoms with van der Waals surface area (Å²) in [6.45, 7) is 8.26. The lowest BCUT2D eigenvalue weighted by molar-refractivity contribution is -0.00881. The van der Waals surface area contributed by atoms with Gasteiger partial charge in [-0.15, -0.1) is 0 Å². The zero-order chi connectivity index (χ0) is 15.3. The first-order valence-corrected chi connectivity index (χ1v) is 8.54. The first-order valence-electron chi connectivity index (χ1n) is 8.54. The minimum atomic E-state index is -0.483. The normalized spacial score (nSPS) is 26.2. The molecular formula is C19H31NO. The van der Waals surface area contributed by atoms with Crippen molar-refractivity contribution in [3.8, 4) is 0 Å². The maximum absolute atomic E-state index is 10.6. The Labute approximate surface area is 130 Å². The Bertz CT molecular complexity index is 416. The Balaban J connectivity index is 1.76. The fraction of sp³-hybridized carbons (Fsp3) is 0.684. The van der Waals surface area contributed by atoms with Crippen LogP contribution in [-0.2, 0) is 6.54 Å². The molecule has 118 valence electrons. The molecule has 0 radical (unpaired) electrons. The van der Waals surface area contributed by atoms with Crippen LogP contribution in [-0.4, -0.2) is 17.3 Å². The van der Waals surface area contributed by atoms with Crippen molar-refractivity contribution in [2.45, 2.75) is 70.9 Å². The molecule has 0 unspecified atom stereocenters. The summed E-state index contributed by atoms with van der Waals surface area (Å²) in [4.78, 5) is 0. The Morgan fingerprint density at radius 1 is 1.19 bits per heavy atom. The molecule has 0 atom stereocenters. The number of nitrogens with one attached hydrogen (secondary N) is 1. The minimum Gasteiger partial charge on any atom is -0.389 e. The highest BCUT2D eigenvalue weighted by molar-refractivity contribution is 5.24. The predicted octanol–water partition coefficient (Wildman–Crippen LogP) is 4.23. The Morgan fingerprint density at radius 2 is 1.81 bits per heavy atom. The van der Waals surface area contributed by atoms with Crippen molar-refractivity contribution in [3.63, 3.8) is 0 Å². The van der Waals surface area contributed by atoms with Crippen molar-refractivity contribution in [1.82, 2.24) is 5.32 Å². The molecule has 0 bridgehead atoms. The van der Waals surface area contributed by atoms with Crippen LogP contribution in [0, 0.1) is 5.92 Å². The Hall–Kier alpha value is -0.860. The van der Waals surface area contributed by atoms with Crippen molar-refractivity contribution >= 4 is 0 Å². The molecule has 0 aromatic heterocycles. The van der Waals surface area contributed by atoms with Gasteiger partial charge in [0.1, 0.15) is 0 Å². The lowest BCUT2D eigenvalue weighted by Crippen LogP contribution is -2.43. The summed E-state index contributed by atoms with van der Waals surface area (Å²) < 4.78 is 0. The fourth-order valence-electron chi connectivity index (χ4n) is 3.26. The first kappa shape index (κ1) is 16.5. The van der Waals surface area contributed by atoms with E-state index in [1.807, 2.05) is 0 Å². The van der Waals surface area contributed by atoms with Gasteiger partial charge in [0.2, 0.25) is 0 Å². The van der Waals surface area contributed by atoms with E-state index in [2.05, 4.69) is 50.4 Å². The van der Waals surface area contributed by atoms with Crippen LogP contribution in [0.15, 0.2) is 24.3 Å². The summed E-state index contributed by atoms with van der Waals surface area (Å²) >= 11 is 0. The SMILES string of the molecule is CCC1CCC(O)(CNCc2ccc(C(C)C)cc2)CC1. The lowest BCUT2D eigenvalue weighted by Gasteiger charge is -2.36. The molecule has 0 heterocycles. The zero-order valence-electron chi connectivity index (χ0n) is 13.9. The third-order valence-electron chi connectivity index (χ3n) is 5.04. The van der Waals surface area contributed by atoms with Gasteiger partial charge >= 0.3 is 0 Å². The van der Waals surface area contributed by atoms with Crippen LogP contribution < -0.4 is 5.32 Å². The second kappa shape index (κ2) is 7.42. The highest BCUT2D eigenvalue weighted by atomic mass is 16.3. The second-order valence-electron chi connectivity index (χ2n) is 7.08. The largest absolute Gasteiger partial charge is 0.389 e. The summed E-state index contributed by atoms with van der Waals surface area (Å²) in [5, 5.41) is 14.1. The van der Waals surface area contributed by atoms with Crippen molar-refractivity contribution in [2.75, 3.05) is 6.54 Å². The molecule has 1 aliphatic rings. The third-order valence-corrected chi connectivity index (χ3v) is 5.04. The molecule has 0 aliphatic heterocycles. The van der Waals surface area contributed by atoms with Crippen LogP contribution in [0.25, 0.3) is 0 Å². The van der Waals surface area contributed by atoms with E-state index in [0.717, 1.165) is 31.8 Å². The molecule has 0 spiro atoms. The number of hydrogen-bond acceptors (Lipinski definition) is 2. The molecule has 2 nitrogen and oxygen atoms in total. The summed E-state index contributed by atoms with van der Waals surface area (Å²) in [5.74, 6) is 1.41. The van der Waals surface area contributed by atoms with Gasteiger partial charge in [0.25, 0.3) is 0 Å². The second-order valence-corrected chi connectivity index (χ2v) is 7.08. The van der Waals surface area contributed by atoms with Gasteiger partial charge in [-0.2, -0.15) is 0 Å². The highest BCUT2D eigenvalue weighted by Crippen LogP contribution is 2.33. The number of hydrogen-bond donors (Lipinski definition) is 2. The van der Waals surface area contributed by atoms with Gasteiger partial charge in [0.05, 0.1) is 5.60 Å². The number of rotatable bonds is 6. The quantitative estimate of drug-likeness (QED) is 0.821. The fourth-order valence-corrected chi connectivity index (χ4v) is 3.26. The van der Waals surface area contributed by atoms with E-state index < -0.39 is 5.60 Å². The molecule has 2 N–H and O–H groups in total. The van der Waals surface area contributed by atoms with Crippen LogP contribution in [0.5, 0.6) is 0 Å². The minimum absolute atomic E-state index is 0.483. The lowest BCUT2D eigenvalue weighted by atomic mass is 9.78. The van der Waals surface area contributed by atoms with E-state index in [-0.39, 0.29) is 0 Å². The van der Waals surface area contributed by atoms with Gasteiger partial charge in [-0.05, 0) is 48.6 Å².